The fourth-order valence-electron chi connectivity index (χ4n) is 4.18. The molecule has 0 spiro atoms. The van der Waals surface area contributed by atoms with Crippen molar-refractivity contribution in [2.75, 3.05) is 25.0 Å². The number of amidine groups is 1. The van der Waals surface area contributed by atoms with Crippen molar-refractivity contribution in [3.8, 4) is 5.75 Å². The third-order valence-corrected chi connectivity index (χ3v) is 11.3. The van der Waals surface area contributed by atoms with Crippen LogP contribution in [0.2, 0.25) is 0 Å². The van der Waals surface area contributed by atoms with Gasteiger partial charge in [0.25, 0.3) is 20.0 Å². The number of thiophene rings is 1. The molecule has 0 aliphatic carbocycles. The highest BCUT2D eigenvalue weighted by molar-refractivity contribution is 7.95. The smallest absolute Gasteiger partial charge is 0.354 e. The van der Waals surface area contributed by atoms with Crippen molar-refractivity contribution >= 4 is 48.9 Å². The first kappa shape index (κ1) is 31.6. The van der Waals surface area contributed by atoms with Crippen LogP contribution in [0.1, 0.15) is 62.6 Å². The molecule has 0 bridgehead atoms. The Balaban J connectivity index is 2.15. The standard InChI is InChI=1S/C25H36N4O8S3/c1-9-29(10-2)40(34,35)25-21(30)19(16(8)38-25)27-23-20(22(24(31)36-11-3)39(32,33)28-23)26-18(13(4)5)17-12-14(6)15(7)37-17/h12-13,18,26,30H,9-11H2,1-8H3,(H,27,28)/t18-/m1/s1. The number of nitrogens with zero attached hydrogens (tertiary/aromatic N) is 2. The first-order valence-corrected chi connectivity index (χ1v) is 16.5. The van der Waals surface area contributed by atoms with Gasteiger partial charge in [0, 0.05) is 18.0 Å². The van der Waals surface area contributed by atoms with Crippen LogP contribution in [0.3, 0.4) is 0 Å². The maximum absolute atomic E-state index is 13.1. The van der Waals surface area contributed by atoms with Gasteiger partial charge in [0.2, 0.25) is 4.91 Å². The number of rotatable bonds is 11. The van der Waals surface area contributed by atoms with Crippen LogP contribution < -0.4 is 10.6 Å². The molecule has 222 valence electrons. The molecule has 0 unspecified atom stereocenters. The Morgan fingerprint density at radius 1 is 1.20 bits per heavy atom. The quantitative estimate of drug-likeness (QED) is 0.315. The Labute approximate surface area is 239 Å². The van der Waals surface area contributed by atoms with E-state index >= 15 is 0 Å². The maximum Gasteiger partial charge on any atom is 0.354 e. The van der Waals surface area contributed by atoms with Gasteiger partial charge in [-0.3, -0.25) is 0 Å². The summed E-state index contributed by atoms with van der Waals surface area (Å²) in [6.45, 7) is 14.3. The van der Waals surface area contributed by atoms with Gasteiger partial charge in [-0.15, -0.1) is 15.7 Å². The van der Waals surface area contributed by atoms with Crippen LogP contribution in [-0.4, -0.2) is 57.7 Å². The van der Waals surface area contributed by atoms with Crippen molar-refractivity contribution in [3.05, 3.63) is 38.6 Å². The predicted octanol–water partition coefficient (Wildman–Crippen LogP) is 3.92. The number of esters is 1. The first-order valence-electron chi connectivity index (χ1n) is 12.8. The largest absolute Gasteiger partial charge is 0.504 e. The zero-order chi connectivity index (χ0) is 30.2. The molecule has 0 radical (unpaired) electrons. The minimum Gasteiger partial charge on any atom is -0.504 e. The van der Waals surface area contributed by atoms with Gasteiger partial charge in [0.15, 0.2) is 15.8 Å². The fourth-order valence-corrected chi connectivity index (χ4v) is 8.43. The Morgan fingerprint density at radius 2 is 1.82 bits per heavy atom. The van der Waals surface area contributed by atoms with Gasteiger partial charge < -0.3 is 24.9 Å². The Kier molecular flexibility index (Phi) is 9.43. The molecule has 0 amide bonds. The van der Waals surface area contributed by atoms with Gasteiger partial charge in [-0.25, -0.2) is 13.2 Å². The van der Waals surface area contributed by atoms with Crippen LogP contribution in [0, 0.1) is 26.7 Å². The van der Waals surface area contributed by atoms with Gasteiger partial charge in [-0.1, -0.05) is 27.7 Å². The molecule has 3 N–H and O–H groups in total. The second-order valence-electron chi connectivity index (χ2n) is 9.48. The molecule has 3 heterocycles. The van der Waals surface area contributed by atoms with E-state index in [-0.39, 0.29) is 47.0 Å². The third kappa shape index (κ3) is 5.92. The Bertz CT molecular complexity index is 1540. The molecule has 2 aromatic rings. The highest BCUT2D eigenvalue weighted by Crippen LogP contribution is 2.44. The molecule has 0 fully saturated rings. The average molecular weight is 617 g/mol. The lowest BCUT2D eigenvalue weighted by atomic mass is 10.0. The second kappa shape index (κ2) is 11.9. The summed E-state index contributed by atoms with van der Waals surface area (Å²) in [6, 6.07) is 1.24. The zero-order valence-electron chi connectivity index (χ0n) is 23.8. The van der Waals surface area contributed by atoms with Gasteiger partial charge in [0.1, 0.15) is 17.2 Å². The van der Waals surface area contributed by atoms with Crippen LogP contribution in [0.4, 0.5) is 5.69 Å². The van der Waals surface area contributed by atoms with Crippen molar-refractivity contribution in [3.63, 3.8) is 0 Å². The number of sulfonamides is 2. The summed E-state index contributed by atoms with van der Waals surface area (Å²) in [4.78, 5) is 12.5. The van der Waals surface area contributed by atoms with Crippen LogP contribution >= 0.6 is 11.3 Å². The number of anilines is 1. The number of ether oxygens (including phenoxy) is 1. The molecule has 15 heteroatoms. The van der Waals surface area contributed by atoms with E-state index in [0.29, 0.717) is 16.4 Å². The number of nitrogens with one attached hydrogen (secondary N) is 2. The molecular weight excluding hydrogens is 580 g/mol. The van der Waals surface area contributed by atoms with Gasteiger partial charge in [-0.05, 0) is 45.2 Å². The maximum atomic E-state index is 13.1. The Morgan fingerprint density at radius 3 is 2.33 bits per heavy atom. The van der Waals surface area contributed by atoms with Crippen molar-refractivity contribution in [2.45, 2.75) is 65.6 Å². The van der Waals surface area contributed by atoms with E-state index in [4.69, 9.17) is 9.15 Å². The average Bonchev–Trinajstić information content (AvgIpc) is 3.43. The number of hydrogen-bond donors (Lipinski definition) is 3. The SMILES string of the molecule is CCOC(=O)C1=C(N[C@@H](c2cc(C)c(C)o2)C(C)C)C(Nc2c(C)sc(S(=O)(=O)N(CC)CC)c2O)=NS1(=O)=O. The van der Waals surface area contributed by atoms with Gasteiger partial charge in [-0.2, -0.15) is 12.7 Å². The van der Waals surface area contributed by atoms with Crippen molar-refractivity contribution in [1.82, 2.24) is 9.62 Å². The number of carbonyl (C=O) groups excluding carboxylic acids is 1. The summed E-state index contributed by atoms with van der Waals surface area (Å²) >= 11 is 0.837. The summed E-state index contributed by atoms with van der Waals surface area (Å²) in [5, 5.41) is 16.9. The van der Waals surface area contributed by atoms with E-state index in [0.717, 1.165) is 16.9 Å². The zero-order valence-corrected chi connectivity index (χ0v) is 26.2. The monoisotopic (exact) mass is 616 g/mol. The van der Waals surface area contributed by atoms with Crippen LogP contribution in [0.15, 0.2) is 29.7 Å². The second-order valence-corrected chi connectivity index (χ2v) is 14.4. The third-order valence-electron chi connectivity index (χ3n) is 6.40. The highest BCUT2D eigenvalue weighted by Gasteiger charge is 2.41. The lowest BCUT2D eigenvalue weighted by Crippen LogP contribution is -2.32. The van der Waals surface area contributed by atoms with Gasteiger partial charge >= 0.3 is 5.97 Å². The number of carbonyl (C=O) groups is 1. The molecule has 1 aliphatic rings. The summed E-state index contributed by atoms with van der Waals surface area (Å²) in [5.74, 6) is -0.892. The van der Waals surface area contributed by atoms with Crippen LogP contribution in [-0.2, 0) is 29.6 Å². The first-order chi connectivity index (χ1) is 18.6. The molecule has 0 saturated heterocycles. The van der Waals surface area contributed by atoms with E-state index in [1.165, 1.54) is 4.31 Å². The molecule has 3 rings (SSSR count). The minimum absolute atomic E-state index is 0.0418. The van der Waals surface area contributed by atoms with Crippen molar-refractivity contribution in [2.24, 2.45) is 10.3 Å². The van der Waals surface area contributed by atoms with E-state index in [2.05, 4.69) is 15.0 Å². The summed E-state index contributed by atoms with van der Waals surface area (Å²) in [5.41, 5.74) is 0.677. The lowest BCUT2D eigenvalue weighted by Gasteiger charge is -2.23. The summed E-state index contributed by atoms with van der Waals surface area (Å²) < 4.78 is 68.1. The van der Waals surface area contributed by atoms with Gasteiger partial charge in [0.05, 0.1) is 18.3 Å². The van der Waals surface area contributed by atoms with E-state index in [1.54, 1.807) is 34.6 Å². The van der Waals surface area contributed by atoms with E-state index < -0.39 is 42.7 Å². The fraction of sp³-hybridized carbons (Fsp3) is 0.520. The van der Waals surface area contributed by atoms with Crippen LogP contribution in [0.25, 0.3) is 0 Å². The molecule has 2 aromatic heterocycles. The molecular formula is C25H36N4O8S3. The number of aryl methyl sites for hydroxylation is 3. The molecule has 1 aliphatic heterocycles. The topological polar surface area (TPSA) is 168 Å². The van der Waals surface area contributed by atoms with Crippen molar-refractivity contribution in [1.29, 1.82) is 0 Å². The number of hydrogen-bond acceptors (Lipinski definition) is 11. The molecule has 12 nitrogen and oxygen atoms in total. The lowest BCUT2D eigenvalue weighted by molar-refractivity contribution is -0.137. The predicted molar refractivity (Wildman–Crippen MR) is 153 cm³/mol. The van der Waals surface area contributed by atoms with Crippen LogP contribution in [0.5, 0.6) is 5.75 Å². The highest BCUT2D eigenvalue weighted by atomic mass is 32.2. The summed E-state index contributed by atoms with van der Waals surface area (Å²) in [7, 11) is -8.53. The molecule has 40 heavy (non-hydrogen) atoms. The van der Waals surface area contributed by atoms with E-state index in [1.807, 2.05) is 26.8 Å². The summed E-state index contributed by atoms with van der Waals surface area (Å²) in [6.07, 6.45) is 0. The minimum atomic E-state index is -4.52. The molecule has 0 saturated carbocycles. The number of aromatic hydroxyl groups is 1. The van der Waals surface area contributed by atoms with E-state index in [9.17, 15) is 26.7 Å². The Hall–Kier alpha value is -2.88. The number of furan rings is 1. The molecule has 1 atom stereocenters. The van der Waals surface area contributed by atoms with Crippen molar-refractivity contribution < 1.29 is 35.9 Å². The molecule has 0 aromatic carbocycles. The normalized spacial score (nSPS) is 16.0.